The molecular formula is C6H6AlN2O. The molecule has 1 aliphatic rings. The highest BCUT2D eigenvalue weighted by Gasteiger charge is 2.34. The predicted molar refractivity (Wildman–Crippen MR) is 38.3 cm³/mol. The van der Waals surface area contributed by atoms with Gasteiger partial charge in [-0.1, -0.05) is 18.2 Å². The molecule has 1 atom stereocenters. The maximum atomic E-state index is 8.88. The Labute approximate surface area is 65.6 Å². The number of rotatable bonds is 1. The van der Waals surface area contributed by atoms with E-state index in [0.29, 0.717) is 0 Å². The average molecular weight is 149 g/mol. The molecule has 10 heavy (non-hydrogen) atoms. The summed E-state index contributed by atoms with van der Waals surface area (Å²) in [6, 6.07) is 9.83. The van der Waals surface area contributed by atoms with Crippen LogP contribution >= 0.6 is 0 Å². The first kappa shape index (κ1) is 6.20. The summed E-state index contributed by atoms with van der Waals surface area (Å²) >= 11 is -0.0366. The molecular weight excluding hydrogens is 143 g/mol. The van der Waals surface area contributed by atoms with Crippen LogP contribution in [0.3, 0.4) is 0 Å². The van der Waals surface area contributed by atoms with Crippen LogP contribution in [0.2, 0.25) is 0 Å². The van der Waals surface area contributed by atoms with Crippen LogP contribution < -0.4 is 3.99 Å². The van der Waals surface area contributed by atoms with Crippen LogP contribution in [0.25, 0.3) is 0 Å². The molecule has 3 nitrogen and oxygen atoms in total. The van der Waals surface area contributed by atoms with Crippen molar-refractivity contribution in [1.29, 1.82) is 0 Å². The molecule has 0 saturated carbocycles. The van der Waals surface area contributed by atoms with Crippen LogP contribution in [0.5, 0.6) is 0 Å². The van der Waals surface area contributed by atoms with E-state index in [-0.39, 0.29) is 15.7 Å². The molecule has 2 rings (SSSR count). The van der Waals surface area contributed by atoms with E-state index in [1.807, 2.05) is 34.3 Å². The Morgan fingerprint density at radius 1 is 1.20 bits per heavy atom. The second-order valence-corrected chi connectivity index (χ2v) is 3.30. The minimum atomic E-state index is -0.0366. The SMILES string of the molecule is O[N]1[Al][N]1c1ccccc1. The molecule has 1 aromatic rings. The van der Waals surface area contributed by atoms with Gasteiger partial charge >= 0.3 is 15.7 Å². The molecule has 1 N–H and O–H groups in total. The van der Waals surface area contributed by atoms with Crippen molar-refractivity contribution < 1.29 is 5.21 Å². The number of hydrogen-bond donors (Lipinski definition) is 1. The zero-order chi connectivity index (χ0) is 6.97. The Kier molecular flexibility index (Phi) is 1.40. The van der Waals surface area contributed by atoms with E-state index in [1.54, 1.807) is 0 Å². The predicted octanol–water partition coefficient (Wildman–Crippen LogP) is 0.647. The lowest BCUT2D eigenvalue weighted by atomic mass is 10.3. The molecule has 0 aromatic heterocycles. The zero-order valence-electron chi connectivity index (χ0n) is 5.31. The lowest BCUT2D eigenvalue weighted by Crippen LogP contribution is -1.98. The van der Waals surface area contributed by atoms with Gasteiger partial charge in [0.2, 0.25) is 0 Å². The Bertz CT molecular complexity index is 228. The highest BCUT2D eigenvalue weighted by molar-refractivity contribution is 6.49. The van der Waals surface area contributed by atoms with E-state index in [0.717, 1.165) is 5.69 Å². The van der Waals surface area contributed by atoms with Crippen LogP contribution in [-0.2, 0) is 0 Å². The minimum Gasteiger partial charge on any atom is -0.382 e. The third-order valence-corrected chi connectivity index (χ3v) is 2.37. The zero-order valence-corrected chi connectivity index (χ0v) is 6.46. The molecule has 1 fully saturated rings. The molecule has 4 heteroatoms. The Morgan fingerprint density at radius 2 is 1.80 bits per heavy atom. The Hall–Kier alpha value is -0.528. The molecule has 0 bridgehead atoms. The van der Waals surface area contributed by atoms with Gasteiger partial charge in [0.25, 0.3) is 0 Å². The van der Waals surface area contributed by atoms with Crippen molar-refractivity contribution in [3.63, 3.8) is 0 Å². The third kappa shape index (κ3) is 1.03. The first-order valence-electron chi connectivity index (χ1n) is 3.05. The highest BCUT2D eigenvalue weighted by Crippen LogP contribution is 2.20. The van der Waals surface area contributed by atoms with Crippen LogP contribution in [0.1, 0.15) is 0 Å². The van der Waals surface area contributed by atoms with E-state index in [9.17, 15) is 0 Å². The summed E-state index contributed by atoms with van der Waals surface area (Å²) in [5, 5.41) is 8.88. The van der Waals surface area contributed by atoms with Crippen molar-refractivity contribution in [3.8, 4) is 0 Å². The molecule has 1 radical (unpaired) electrons. The largest absolute Gasteiger partial charge is 0.581 e. The van der Waals surface area contributed by atoms with Crippen molar-refractivity contribution in [2.45, 2.75) is 0 Å². The van der Waals surface area contributed by atoms with Crippen molar-refractivity contribution in [2.75, 3.05) is 3.99 Å². The van der Waals surface area contributed by atoms with Crippen molar-refractivity contribution in [3.05, 3.63) is 30.3 Å². The first-order valence-corrected chi connectivity index (χ1v) is 4.08. The lowest BCUT2D eigenvalue weighted by molar-refractivity contribution is 0.0601. The molecule has 1 unspecified atom stereocenters. The van der Waals surface area contributed by atoms with Gasteiger partial charge in [-0.05, 0) is 12.1 Å². The van der Waals surface area contributed by atoms with Crippen molar-refractivity contribution in [1.82, 2.24) is 4.16 Å². The van der Waals surface area contributed by atoms with E-state index in [2.05, 4.69) is 0 Å². The number of hydrazine groups is 1. The normalized spacial score (nSPS) is 22.1. The number of hydrogen-bond acceptors (Lipinski definition) is 3. The Balaban J connectivity index is 2.20. The van der Waals surface area contributed by atoms with Gasteiger partial charge in [-0.2, -0.15) is 4.16 Å². The molecule has 1 heterocycles. The van der Waals surface area contributed by atoms with Gasteiger partial charge in [-0.15, -0.1) is 0 Å². The van der Waals surface area contributed by atoms with Gasteiger partial charge in [0.15, 0.2) is 0 Å². The standard InChI is InChI=1S/C6H6N2O.Al/c9-8-7-6-4-2-1-3-5-6;/h1-5,9H;/q-2;+2. The summed E-state index contributed by atoms with van der Waals surface area (Å²) in [6.45, 7) is 0. The second kappa shape index (κ2) is 2.26. The van der Waals surface area contributed by atoms with Gasteiger partial charge in [0, 0.05) is 5.69 Å². The molecule has 1 aromatic carbocycles. The van der Waals surface area contributed by atoms with Crippen LogP contribution in [0.15, 0.2) is 30.3 Å². The summed E-state index contributed by atoms with van der Waals surface area (Å²) in [4.78, 5) is 0. The summed E-state index contributed by atoms with van der Waals surface area (Å²) in [7, 11) is 0. The maximum Gasteiger partial charge on any atom is 0.581 e. The quantitative estimate of drug-likeness (QED) is 0.469. The topological polar surface area (TPSA) is 26.2 Å². The number of anilines is 1. The lowest BCUT2D eigenvalue weighted by Gasteiger charge is -2.04. The Morgan fingerprint density at radius 3 is 2.30 bits per heavy atom. The van der Waals surface area contributed by atoms with Crippen molar-refractivity contribution >= 4 is 21.3 Å². The first-order chi connectivity index (χ1) is 4.88. The summed E-state index contributed by atoms with van der Waals surface area (Å²) in [5.74, 6) is 0. The van der Waals surface area contributed by atoms with Crippen LogP contribution in [0, 0.1) is 0 Å². The average Bonchev–Trinajstić information content (AvgIpc) is 2.69. The van der Waals surface area contributed by atoms with Crippen LogP contribution in [0.4, 0.5) is 5.69 Å². The van der Waals surface area contributed by atoms with Gasteiger partial charge < -0.3 is 9.20 Å². The van der Waals surface area contributed by atoms with Gasteiger partial charge in [-0.3, -0.25) is 0 Å². The number of benzene rings is 1. The molecule has 49 valence electrons. The number of nitrogens with zero attached hydrogens (tertiary/aromatic N) is 2. The monoisotopic (exact) mass is 149 g/mol. The van der Waals surface area contributed by atoms with Gasteiger partial charge in [0.1, 0.15) is 0 Å². The third-order valence-electron chi connectivity index (χ3n) is 1.40. The van der Waals surface area contributed by atoms with Crippen molar-refractivity contribution in [2.24, 2.45) is 0 Å². The van der Waals surface area contributed by atoms with E-state index in [1.165, 1.54) is 4.16 Å². The summed E-state index contributed by atoms with van der Waals surface area (Å²) in [5.41, 5.74) is 1.07. The molecule has 0 amide bonds. The second-order valence-electron chi connectivity index (χ2n) is 2.12. The summed E-state index contributed by atoms with van der Waals surface area (Å²) in [6.07, 6.45) is 0. The van der Waals surface area contributed by atoms with E-state index >= 15 is 0 Å². The highest BCUT2D eigenvalue weighted by atomic mass is 27.1. The maximum absolute atomic E-state index is 8.88. The smallest absolute Gasteiger partial charge is 0.382 e. The fraction of sp³-hybridized carbons (Fsp3) is 0. The fourth-order valence-electron chi connectivity index (χ4n) is 0.840. The molecule has 1 saturated heterocycles. The summed E-state index contributed by atoms with van der Waals surface area (Å²) < 4.78 is 3.09. The molecule has 1 aliphatic heterocycles. The van der Waals surface area contributed by atoms with Gasteiger partial charge in [-0.25, -0.2) is 0 Å². The number of para-hydroxylation sites is 1. The fourth-order valence-corrected chi connectivity index (χ4v) is 1.43. The van der Waals surface area contributed by atoms with E-state index in [4.69, 9.17) is 5.21 Å². The molecule has 0 aliphatic carbocycles. The van der Waals surface area contributed by atoms with Gasteiger partial charge in [0.05, 0.1) is 0 Å². The minimum absolute atomic E-state index is 0.0366. The van der Waals surface area contributed by atoms with Crippen LogP contribution in [-0.4, -0.2) is 25.0 Å². The molecule has 0 spiro atoms. The van der Waals surface area contributed by atoms with E-state index < -0.39 is 0 Å².